The van der Waals surface area contributed by atoms with E-state index in [2.05, 4.69) is 20.8 Å². The van der Waals surface area contributed by atoms with Crippen molar-refractivity contribution in [3.8, 4) is 0 Å². The SMILES string of the molecule is CC1CC2C(CC(C)C2C2CCCCC2)C(C)C1C1CCCCC1. The van der Waals surface area contributed by atoms with Gasteiger partial charge in [-0.2, -0.15) is 0 Å². The first kappa shape index (κ1) is 17.4. The summed E-state index contributed by atoms with van der Waals surface area (Å²) in [6.45, 7) is 7.96. The second-order valence-corrected chi connectivity index (χ2v) is 10.6. The second-order valence-electron chi connectivity index (χ2n) is 10.6. The zero-order chi connectivity index (χ0) is 16.7. The van der Waals surface area contributed by atoms with Crippen molar-refractivity contribution in [3.63, 3.8) is 0 Å². The van der Waals surface area contributed by atoms with Gasteiger partial charge in [-0.3, -0.25) is 0 Å². The summed E-state index contributed by atoms with van der Waals surface area (Å²) in [4.78, 5) is 0. The molecule has 4 aliphatic carbocycles. The van der Waals surface area contributed by atoms with Gasteiger partial charge in [0, 0.05) is 0 Å². The Hall–Kier alpha value is 0. The molecule has 0 saturated heterocycles. The quantitative estimate of drug-likeness (QED) is 0.497. The molecule has 4 fully saturated rings. The zero-order valence-corrected chi connectivity index (χ0v) is 16.7. The molecule has 138 valence electrons. The van der Waals surface area contributed by atoms with Gasteiger partial charge in [-0.1, -0.05) is 85.0 Å². The van der Waals surface area contributed by atoms with Crippen molar-refractivity contribution in [2.24, 2.45) is 53.3 Å². The fourth-order valence-corrected chi connectivity index (χ4v) is 8.54. The van der Waals surface area contributed by atoms with E-state index < -0.39 is 0 Å². The average molecular weight is 331 g/mol. The number of hydrogen-bond acceptors (Lipinski definition) is 0. The molecule has 0 aromatic heterocycles. The number of rotatable bonds is 2. The van der Waals surface area contributed by atoms with E-state index in [-0.39, 0.29) is 0 Å². The molecule has 0 nitrogen and oxygen atoms in total. The van der Waals surface area contributed by atoms with E-state index in [0.29, 0.717) is 0 Å². The second kappa shape index (κ2) is 7.32. The van der Waals surface area contributed by atoms with Crippen molar-refractivity contribution in [2.45, 2.75) is 97.8 Å². The molecule has 0 radical (unpaired) electrons. The maximum atomic E-state index is 2.68. The minimum atomic E-state index is 1.00. The molecule has 0 aliphatic heterocycles. The van der Waals surface area contributed by atoms with E-state index in [1.165, 1.54) is 38.5 Å². The van der Waals surface area contributed by atoms with Crippen LogP contribution in [0.4, 0.5) is 0 Å². The van der Waals surface area contributed by atoms with Gasteiger partial charge in [-0.25, -0.2) is 0 Å². The van der Waals surface area contributed by atoms with Crippen molar-refractivity contribution in [3.05, 3.63) is 0 Å². The third-order valence-corrected chi connectivity index (χ3v) is 9.32. The van der Waals surface area contributed by atoms with E-state index in [0.717, 1.165) is 53.3 Å². The smallest absolute Gasteiger partial charge is 0.0329 e. The molecule has 0 bridgehead atoms. The van der Waals surface area contributed by atoms with Crippen LogP contribution in [-0.2, 0) is 0 Å². The maximum Gasteiger partial charge on any atom is -0.0329 e. The van der Waals surface area contributed by atoms with E-state index in [1.807, 2.05) is 0 Å². The normalized spacial score (nSPS) is 48.4. The Balaban J connectivity index is 1.50. The summed E-state index contributed by atoms with van der Waals surface area (Å²) in [6.07, 6.45) is 18.5. The summed E-state index contributed by atoms with van der Waals surface area (Å²) < 4.78 is 0. The van der Waals surface area contributed by atoms with E-state index in [9.17, 15) is 0 Å². The van der Waals surface area contributed by atoms with Crippen LogP contribution in [0.25, 0.3) is 0 Å². The van der Waals surface area contributed by atoms with Gasteiger partial charge in [0.1, 0.15) is 0 Å². The van der Waals surface area contributed by atoms with Gasteiger partial charge in [0.15, 0.2) is 0 Å². The van der Waals surface area contributed by atoms with Crippen LogP contribution in [-0.4, -0.2) is 0 Å². The summed E-state index contributed by atoms with van der Waals surface area (Å²) in [7, 11) is 0. The highest BCUT2D eigenvalue weighted by molar-refractivity contribution is 5.01. The molecule has 0 heteroatoms. The molecule has 7 atom stereocenters. The molecule has 0 aromatic rings. The highest BCUT2D eigenvalue weighted by atomic mass is 14.6. The monoisotopic (exact) mass is 330 g/mol. The fraction of sp³-hybridized carbons (Fsp3) is 1.00. The van der Waals surface area contributed by atoms with E-state index >= 15 is 0 Å². The lowest BCUT2D eigenvalue weighted by molar-refractivity contribution is -0.00179. The average Bonchev–Trinajstić information content (AvgIpc) is 2.93. The lowest BCUT2D eigenvalue weighted by atomic mass is 9.56. The van der Waals surface area contributed by atoms with Gasteiger partial charge in [-0.15, -0.1) is 0 Å². The predicted molar refractivity (Wildman–Crippen MR) is 104 cm³/mol. The van der Waals surface area contributed by atoms with Crippen LogP contribution in [0.2, 0.25) is 0 Å². The number of hydrogen-bond donors (Lipinski definition) is 0. The van der Waals surface area contributed by atoms with Crippen LogP contribution in [0.3, 0.4) is 0 Å². The molecule has 4 saturated carbocycles. The molecule has 0 N–H and O–H groups in total. The van der Waals surface area contributed by atoms with Gasteiger partial charge in [0.2, 0.25) is 0 Å². The van der Waals surface area contributed by atoms with Crippen molar-refractivity contribution in [2.75, 3.05) is 0 Å². The predicted octanol–water partition coefficient (Wildman–Crippen LogP) is 7.33. The minimum Gasteiger partial charge on any atom is -0.0622 e. The standard InChI is InChI=1S/C24H42/c1-16-15-22-21(18(3)23(16)19-10-6-4-7-11-19)14-17(2)24(22)20-12-8-5-9-13-20/h16-24H,4-15H2,1-3H3. The molecule has 4 rings (SSSR count). The summed E-state index contributed by atoms with van der Waals surface area (Å²) in [5.41, 5.74) is 0. The van der Waals surface area contributed by atoms with E-state index in [1.54, 1.807) is 38.5 Å². The number of fused-ring (bicyclic) bond motifs is 1. The first-order valence-electron chi connectivity index (χ1n) is 11.7. The van der Waals surface area contributed by atoms with Gasteiger partial charge in [0.05, 0.1) is 0 Å². The summed E-state index contributed by atoms with van der Waals surface area (Å²) >= 11 is 0. The third-order valence-electron chi connectivity index (χ3n) is 9.32. The lowest BCUT2D eigenvalue weighted by Gasteiger charge is -2.49. The van der Waals surface area contributed by atoms with Gasteiger partial charge in [0.25, 0.3) is 0 Å². The van der Waals surface area contributed by atoms with Crippen molar-refractivity contribution < 1.29 is 0 Å². The van der Waals surface area contributed by atoms with Crippen LogP contribution in [0.15, 0.2) is 0 Å². The first-order chi connectivity index (χ1) is 11.7. The molecule has 0 amide bonds. The summed E-state index contributed by atoms with van der Waals surface area (Å²) in [5.74, 6) is 9.52. The van der Waals surface area contributed by atoms with Crippen LogP contribution < -0.4 is 0 Å². The first-order valence-corrected chi connectivity index (χ1v) is 11.7. The highest BCUT2D eigenvalue weighted by Gasteiger charge is 2.52. The molecule has 7 unspecified atom stereocenters. The highest BCUT2D eigenvalue weighted by Crippen LogP contribution is 2.60. The van der Waals surface area contributed by atoms with Gasteiger partial charge < -0.3 is 0 Å². The minimum absolute atomic E-state index is 1.00. The Morgan fingerprint density at radius 2 is 0.958 bits per heavy atom. The van der Waals surface area contributed by atoms with E-state index in [4.69, 9.17) is 0 Å². The van der Waals surface area contributed by atoms with Crippen molar-refractivity contribution >= 4 is 0 Å². The molecule has 24 heavy (non-hydrogen) atoms. The van der Waals surface area contributed by atoms with Crippen molar-refractivity contribution in [1.82, 2.24) is 0 Å². The van der Waals surface area contributed by atoms with Crippen molar-refractivity contribution in [1.29, 1.82) is 0 Å². The Kier molecular flexibility index (Phi) is 5.31. The molecule has 0 spiro atoms. The summed E-state index contributed by atoms with van der Waals surface area (Å²) in [5, 5.41) is 0. The Morgan fingerprint density at radius 3 is 1.54 bits per heavy atom. The molecule has 4 aliphatic rings. The zero-order valence-electron chi connectivity index (χ0n) is 16.7. The largest absolute Gasteiger partial charge is 0.0622 e. The Labute approximate surface area is 151 Å². The molecular formula is C24H42. The van der Waals surface area contributed by atoms with Crippen LogP contribution >= 0.6 is 0 Å². The molecule has 0 heterocycles. The van der Waals surface area contributed by atoms with Crippen LogP contribution in [0, 0.1) is 53.3 Å². The van der Waals surface area contributed by atoms with Gasteiger partial charge >= 0.3 is 0 Å². The Morgan fingerprint density at radius 1 is 0.500 bits per heavy atom. The topological polar surface area (TPSA) is 0 Å². The van der Waals surface area contributed by atoms with Crippen LogP contribution in [0.1, 0.15) is 97.8 Å². The third kappa shape index (κ3) is 3.09. The molecular weight excluding hydrogens is 288 g/mol. The Bertz CT molecular complexity index is 400. The fourth-order valence-electron chi connectivity index (χ4n) is 8.54. The molecule has 0 aromatic carbocycles. The summed E-state index contributed by atoms with van der Waals surface area (Å²) in [6, 6.07) is 0. The maximum absolute atomic E-state index is 2.68. The lowest BCUT2D eigenvalue weighted by Crippen LogP contribution is -2.42. The van der Waals surface area contributed by atoms with Gasteiger partial charge in [-0.05, 0) is 66.1 Å². The van der Waals surface area contributed by atoms with Crippen LogP contribution in [0.5, 0.6) is 0 Å².